The normalized spacial score (nSPS) is 15.6. The van der Waals surface area contributed by atoms with Crippen LogP contribution >= 0.6 is 11.6 Å². The van der Waals surface area contributed by atoms with E-state index in [0.29, 0.717) is 10.6 Å². The number of esters is 1. The minimum absolute atomic E-state index is 0.0156. The zero-order valence-electron chi connectivity index (χ0n) is 16.2. The molecule has 0 aromatic heterocycles. The van der Waals surface area contributed by atoms with Crippen LogP contribution in [0.3, 0.4) is 0 Å². The van der Waals surface area contributed by atoms with Crippen LogP contribution in [0.5, 0.6) is 0 Å². The molecule has 0 unspecified atom stereocenters. The molecule has 0 spiro atoms. The summed E-state index contributed by atoms with van der Waals surface area (Å²) in [4.78, 5) is 49.8. The summed E-state index contributed by atoms with van der Waals surface area (Å²) in [6.45, 7) is 1.53. The summed E-state index contributed by atoms with van der Waals surface area (Å²) in [5, 5.41) is 0.480. The minimum atomic E-state index is -0.703. The van der Waals surface area contributed by atoms with Crippen LogP contribution in [-0.4, -0.2) is 36.8 Å². The number of carbonyl (C=O) groups excluding carboxylic acids is 4. The maximum atomic E-state index is 12.3. The van der Waals surface area contributed by atoms with Gasteiger partial charge in [-0.3, -0.25) is 30.0 Å². The molecule has 3 rings (SSSR count). The fraction of sp³-hybridized carbons (Fsp3) is 0.238. The van der Waals surface area contributed by atoms with Crippen LogP contribution in [0.1, 0.15) is 22.3 Å². The molecule has 2 aromatic carbocycles. The number of anilines is 1. The average Bonchev–Trinajstić information content (AvgIpc) is 3.12. The van der Waals surface area contributed by atoms with E-state index in [0.717, 1.165) is 11.3 Å². The first-order chi connectivity index (χ1) is 14.3. The highest BCUT2D eigenvalue weighted by Crippen LogP contribution is 2.26. The second-order valence-electron chi connectivity index (χ2n) is 6.86. The van der Waals surface area contributed by atoms with Gasteiger partial charge in [0, 0.05) is 29.2 Å². The highest BCUT2D eigenvalue weighted by molar-refractivity contribution is 6.30. The van der Waals surface area contributed by atoms with Crippen molar-refractivity contribution in [1.29, 1.82) is 0 Å². The van der Waals surface area contributed by atoms with E-state index >= 15 is 0 Å². The van der Waals surface area contributed by atoms with Crippen LogP contribution in [-0.2, 0) is 19.1 Å². The molecule has 0 saturated carbocycles. The largest absolute Gasteiger partial charge is 0.455 e. The van der Waals surface area contributed by atoms with Crippen LogP contribution < -0.4 is 15.8 Å². The fourth-order valence-electron chi connectivity index (χ4n) is 3.00. The molecule has 1 heterocycles. The second kappa shape index (κ2) is 9.41. The molecule has 3 amide bonds. The Morgan fingerprint density at radius 3 is 2.57 bits per heavy atom. The number of carbonyl (C=O) groups is 4. The van der Waals surface area contributed by atoms with E-state index in [1.165, 1.54) is 17.0 Å². The number of nitrogens with one attached hydrogen (secondary N) is 2. The van der Waals surface area contributed by atoms with E-state index in [-0.39, 0.29) is 18.9 Å². The van der Waals surface area contributed by atoms with Gasteiger partial charge in [-0.05, 0) is 48.9 Å². The topological polar surface area (TPSA) is 105 Å². The molecule has 1 saturated heterocycles. The molecule has 1 atom stereocenters. The van der Waals surface area contributed by atoms with Crippen LogP contribution in [0.2, 0.25) is 5.02 Å². The SMILES string of the molecule is Cc1cccc(N2C[C@H](C(=O)OCC(=O)NNC(=O)c3ccc(Cl)cc3)CC2=O)c1. The van der Waals surface area contributed by atoms with Gasteiger partial charge in [-0.15, -0.1) is 0 Å². The average molecular weight is 430 g/mol. The van der Waals surface area contributed by atoms with Gasteiger partial charge in [0.2, 0.25) is 5.91 Å². The fourth-order valence-corrected chi connectivity index (χ4v) is 3.13. The third kappa shape index (κ3) is 5.36. The van der Waals surface area contributed by atoms with E-state index in [1.807, 2.05) is 25.1 Å². The lowest BCUT2D eigenvalue weighted by atomic mass is 10.1. The molecule has 1 fully saturated rings. The van der Waals surface area contributed by atoms with Crippen LogP contribution in [0.25, 0.3) is 0 Å². The van der Waals surface area contributed by atoms with E-state index in [1.54, 1.807) is 18.2 Å². The number of amides is 3. The smallest absolute Gasteiger partial charge is 0.311 e. The minimum Gasteiger partial charge on any atom is -0.455 e. The Hall–Kier alpha value is -3.39. The summed E-state index contributed by atoms with van der Waals surface area (Å²) in [5.74, 6) is -2.72. The summed E-state index contributed by atoms with van der Waals surface area (Å²) in [6, 6.07) is 13.5. The molecule has 1 aliphatic rings. The van der Waals surface area contributed by atoms with Crippen LogP contribution in [0.4, 0.5) is 5.69 Å². The number of nitrogens with zero attached hydrogens (tertiary/aromatic N) is 1. The van der Waals surface area contributed by atoms with Crippen molar-refractivity contribution in [2.45, 2.75) is 13.3 Å². The monoisotopic (exact) mass is 429 g/mol. The quantitative estimate of drug-likeness (QED) is 0.558. The Labute approximate surface area is 178 Å². The van der Waals surface area contributed by atoms with Gasteiger partial charge in [-0.25, -0.2) is 0 Å². The van der Waals surface area contributed by atoms with Gasteiger partial charge in [0.15, 0.2) is 6.61 Å². The Kier molecular flexibility index (Phi) is 6.68. The number of rotatable bonds is 5. The van der Waals surface area contributed by atoms with E-state index in [9.17, 15) is 19.2 Å². The number of halogens is 1. The Morgan fingerprint density at radius 1 is 1.13 bits per heavy atom. The summed E-state index contributed by atoms with van der Waals surface area (Å²) >= 11 is 5.75. The Bertz CT molecular complexity index is 977. The number of ether oxygens (including phenoxy) is 1. The lowest BCUT2D eigenvalue weighted by Crippen LogP contribution is -2.43. The van der Waals surface area contributed by atoms with Gasteiger partial charge < -0.3 is 9.64 Å². The number of hydrogen-bond donors (Lipinski definition) is 2. The van der Waals surface area contributed by atoms with Crippen molar-refractivity contribution in [3.63, 3.8) is 0 Å². The maximum Gasteiger partial charge on any atom is 0.311 e. The van der Waals surface area contributed by atoms with Gasteiger partial charge in [-0.2, -0.15) is 0 Å². The van der Waals surface area contributed by atoms with Crippen LogP contribution in [0, 0.1) is 12.8 Å². The lowest BCUT2D eigenvalue weighted by molar-refractivity contribution is -0.152. The van der Waals surface area contributed by atoms with E-state index in [4.69, 9.17) is 16.3 Å². The number of aryl methyl sites for hydroxylation is 1. The van der Waals surface area contributed by atoms with Crippen molar-refractivity contribution in [3.8, 4) is 0 Å². The third-order valence-corrected chi connectivity index (χ3v) is 4.79. The van der Waals surface area contributed by atoms with Gasteiger partial charge in [0.05, 0.1) is 5.92 Å². The van der Waals surface area contributed by atoms with Gasteiger partial charge in [0.1, 0.15) is 0 Å². The summed E-state index contributed by atoms with van der Waals surface area (Å²) in [7, 11) is 0. The van der Waals surface area contributed by atoms with Crippen molar-refractivity contribution < 1.29 is 23.9 Å². The standard InChI is InChI=1S/C21H20ClN3O5/c1-13-3-2-4-17(9-13)25-11-15(10-19(25)27)21(29)30-12-18(26)23-24-20(28)14-5-7-16(22)8-6-14/h2-9,15H,10-12H2,1H3,(H,23,26)(H,24,28)/t15-/m1/s1. The van der Waals surface area contributed by atoms with E-state index in [2.05, 4.69) is 10.9 Å². The van der Waals surface area contributed by atoms with Crippen molar-refractivity contribution in [3.05, 3.63) is 64.7 Å². The van der Waals surface area contributed by atoms with Crippen molar-refractivity contribution in [2.75, 3.05) is 18.1 Å². The van der Waals surface area contributed by atoms with E-state index < -0.39 is 30.3 Å². The molecule has 30 heavy (non-hydrogen) atoms. The molecule has 8 nitrogen and oxygen atoms in total. The first kappa shape index (κ1) is 21.3. The first-order valence-corrected chi connectivity index (χ1v) is 9.59. The summed E-state index contributed by atoms with van der Waals surface area (Å²) in [6.07, 6.45) is 0.0156. The highest BCUT2D eigenvalue weighted by Gasteiger charge is 2.36. The number of benzene rings is 2. The van der Waals surface area contributed by atoms with Gasteiger partial charge in [0.25, 0.3) is 11.8 Å². The van der Waals surface area contributed by atoms with Gasteiger partial charge >= 0.3 is 5.97 Å². The van der Waals surface area contributed by atoms with Crippen molar-refractivity contribution in [2.24, 2.45) is 5.92 Å². The molecule has 2 aromatic rings. The molecule has 0 radical (unpaired) electrons. The Morgan fingerprint density at radius 2 is 1.87 bits per heavy atom. The van der Waals surface area contributed by atoms with Gasteiger partial charge in [-0.1, -0.05) is 23.7 Å². The molecule has 156 valence electrons. The first-order valence-electron chi connectivity index (χ1n) is 9.22. The molecular formula is C21H20ClN3O5. The molecule has 9 heteroatoms. The highest BCUT2D eigenvalue weighted by atomic mass is 35.5. The molecule has 1 aliphatic heterocycles. The maximum absolute atomic E-state index is 12.3. The zero-order valence-corrected chi connectivity index (χ0v) is 16.9. The number of hydrazine groups is 1. The summed E-state index contributed by atoms with van der Waals surface area (Å²) < 4.78 is 5.00. The lowest BCUT2D eigenvalue weighted by Gasteiger charge is -2.17. The third-order valence-electron chi connectivity index (χ3n) is 4.54. The predicted molar refractivity (Wildman–Crippen MR) is 110 cm³/mol. The number of hydrogen-bond acceptors (Lipinski definition) is 5. The molecule has 2 N–H and O–H groups in total. The molecule has 0 bridgehead atoms. The predicted octanol–water partition coefficient (Wildman–Crippen LogP) is 2.01. The molecular weight excluding hydrogens is 410 g/mol. The zero-order chi connectivity index (χ0) is 21.7. The Balaban J connectivity index is 1.45. The van der Waals surface area contributed by atoms with Crippen LogP contribution in [0.15, 0.2) is 48.5 Å². The molecule has 0 aliphatic carbocycles. The summed E-state index contributed by atoms with van der Waals surface area (Å²) in [5.41, 5.74) is 6.41. The van der Waals surface area contributed by atoms with Crippen molar-refractivity contribution >= 4 is 41.0 Å². The van der Waals surface area contributed by atoms with Crippen molar-refractivity contribution in [1.82, 2.24) is 10.9 Å². The second-order valence-corrected chi connectivity index (χ2v) is 7.30.